The molecule has 8 heteroatoms. The number of aryl methyl sites for hydroxylation is 4. The van der Waals surface area contributed by atoms with Crippen LogP contribution in [-0.2, 0) is 14.8 Å². The number of carbonyl (C=O) groups is 1. The fourth-order valence-corrected chi connectivity index (χ4v) is 4.03. The lowest BCUT2D eigenvalue weighted by Crippen LogP contribution is -2.38. The van der Waals surface area contributed by atoms with Gasteiger partial charge in [-0.1, -0.05) is 17.3 Å². The Morgan fingerprint density at radius 2 is 1.92 bits per heavy atom. The van der Waals surface area contributed by atoms with Crippen LogP contribution in [0.1, 0.15) is 29.5 Å². The Balaban J connectivity index is 2.15. The molecule has 0 spiro atoms. The number of benzene rings is 1. The molecule has 0 fully saturated rings. The maximum absolute atomic E-state index is 12.4. The van der Waals surface area contributed by atoms with E-state index in [0.29, 0.717) is 5.69 Å². The molecule has 0 radical (unpaired) electrons. The highest BCUT2D eigenvalue weighted by atomic mass is 32.2. The first-order valence-electron chi connectivity index (χ1n) is 7.91. The molecule has 1 heterocycles. The van der Waals surface area contributed by atoms with E-state index < -0.39 is 10.0 Å². The van der Waals surface area contributed by atoms with E-state index in [4.69, 9.17) is 4.52 Å². The van der Waals surface area contributed by atoms with Crippen LogP contribution in [0.4, 0.5) is 5.69 Å². The van der Waals surface area contributed by atoms with Gasteiger partial charge in [-0.2, -0.15) is 0 Å². The Labute approximate surface area is 148 Å². The zero-order valence-electron chi connectivity index (χ0n) is 15.1. The molecule has 0 saturated heterocycles. The predicted molar refractivity (Wildman–Crippen MR) is 95.1 cm³/mol. The molecule has 1 aromatic heterocycles. The summed E-state index contributed by atoms with van der Waals surface area (Å²) < 4.78 is 32.3. The Kier molecular flexibility index (Phi) is 5.64. The minimum Gasteiger partial charge on any atom is -0.360 e. The summed E-state index contributed by atoms with van der Waals surface area (Å²) in [5.74, 6) is 0.0909. The van der Waals surface area contributed by atoms with Crippen molar-refractivity contribution in [2.24, 2.45) is 0 Å². The average molecular weight is 365 g/mol. The SMILES string of the molecule is CC(=O)N(CCNS(=O)(=O)c1c(C)noc1C)c1cc(C)ccc1C. The smallest absolute Gasteiger partial charge is 0.246 e. The quantitative estimate of drug-likeness (QED) is 0.847. The van der Waals surface area contributed by atoms with Crippen molar-refractivity contribution < 1.29 is 17.7 Å². The van der Waals surface area contributed by atoms with Crippen LogP contribution >= 0.6 is 0 Å². The van der Waals surface area contributed by atoms with Crippen molar-refractivity contribution in [3.8, 4) is 0 Å². The number of rotatable bonds is 6. The molecule has 0 bridgehead atoms. The largest absolute Gasteiger partial charge is 0.360 e. The van der Waals surface area contributed by atoms with Crippen molar-refractivity contribution in [3.05, 3.63) is 40.8 Å². The number of hydrogen-bond acceptors (Lipinski definition) is 5. The van der Waals surface area contributed by atoms with Gasteiger partial charge in [0.05, 0.1) is 0 Å². The van der Waals surface area contributed by atoms with Crippen molar-refractivity contribution in [1.82, 2.24) is 9.88 Å². The lowest BCUT2D eigenvalue weighted by atomic mass is 10.1. The van der Waals surface area contributed by atoms with Crippen molar-refractivity contribution in [1.29, 1.82) is 0 Å². The van der Waals surface area contributed by atoms with Gasteiger partial charge in [-0.05, 0) is 44.9 Å². The van der Waals surface area contributed by atoms with E-state index in [1.807, 2.05) is 32.0 Å². The van der Waals surface area contributed by atoms with Crippen LogP contribution < -0.4 is 9.62 Å². The van der Waals surface area contributed by atoms with Gasteiger partial charge in [0.15, 0.2) is 5.76 Å². The van der Waals surface area contributed by atoms with Crippen molar-refractivity contribution in [3.63, 3.8) is 0 Å². The molecule has 0 atom stereocenters. The van der Waals surface area contributed by atoms with E-state index in [9.17, 15) is 13.2 Å². The van der Waals surface area contributed by atoms with Crippen LogP contribution in [0.25, 0.3) is 0 Å². The minimum atomic E-state index is -3.74. The molecular weight excluding hydrogens is 342 g/mol. The second-order valence-corrected chi connectivity index (χ2v) is 7.72. The van der Waals surface area contributed by atoms with E-state index >= 15 is 0 Å². The third kappa shape index (κ3) is 4.26. The number of aromatic nitrogens is 1. The van der Waals surface area contributed by atoms with Crippen LogP contribution in [0.2, 0.25) is 0 Å². The minimum absolute atomic E-state index is 0.0496. The predicted octanol–water partition coefficient (Wildman–Crippen LogP) is 2.24. The van der Waals surface area contributed by atoms with Gasteiger partial charge in [-0.3, -0.25) is 4.79 Å². The maximum atomic E-state index is 12.4. The molecule has 136 valence electrons. The van der Waals surface area contributed by atoms with Gasteiger partial charge in [0.1, 0.15) is 10.6 Å². The molecular formula is C17H23N3O4S. The van der Waals surface area contributed by atoms with E-state index in [0.717, 1.165) is 16.8 Å². The van der Waals surface area contributed by atoms with E-state index in [2.05, 4.69) is 9.88 Å². The first kappa shape index (κ1) is 19.1. The third-order valence-electron chi connectivity index (χ3n) is 3.90. The number of nitrogens with zero attached hydrogens (tertiary/aromatic N) is 2. The number of hydrogen-bond donors (Lipinski definition) is 1. The Morgan fingerprint density at radius 1 is 1.24 bits per heavy atom. The summed E-state index contributed by atoms with van der Waals surface area (Å²) in [6, 6.07) is 5.82. The fourth-order valence-electron chi connectivity index (χ4n) is 2.68. The molecule has 2 aromatic rings. The fraction of sp³-hybridized carbons (Fsp3) is 0.412. The van der Waals surface area contributed by atoms with Crippen LogP contribution in [0, 0.1) is 27.7 Å². The van der Waals surface area contributed by atoms with Crippen LogP contribution in [0.15, 0.2) is 27.6 Å². The highest BCUT2D eigenvalue weighted by Gasteiger charge is 2.24. The standard InChI is InChI=1S/C17H23N3O4S/c1-11-6-7-12(2)16(10-11)20(15(5)21)9-8-18-25(22,23)17-13(3)19-24-14(17)4/h6-7,10,18H,8-9H2,1-5H3. The zero-order chi connectivity index (χ0) is 18.8. The summed E-state index contributed by atoms with van der Waals surface area (Å²) in [5, 5.41) is 3.66. The zero-order valence-corrected chi connectivity index (χ0v) is 15.9. The van der Waals surface area contributed by atoms with Gasteiger partial charge < -0.3 is 9.42 Å². The third-order valence-corrected chi connectivity index (χ3v) is 5.60. The molecule has 1 N–H and O–H groups in total. The molecule has 2 rings (SSSR count). The average Bonchev–Trinajstić information content (AvgIpc) is 2.86. The maximum Gasteiger partial charge on any atom is 0.246 e. The summed E-state index contributed by atoms with van der Waals surface area (Å²) in [5.41, 5.74) is 3.07. The van der Waals surface area contributed by atoms with Crippen molar-refractivity contribution >= 4 is 21.6 Å². The topological polar surface area (TPSA) is 92.5 Å². The van der Waals surface area contributed by atoms with Crippen LogP contribution in [0.5, 0.6) is 0 Å². The summed E-state index contributed by atoms with van der Waals surface area (Å²) in [7, 11) is -3.74. The van der Waals surface area contributed by atoms with Gasteiger partial charge in [-0.15, -0.1) is 0 Å². The van der Waals surface area contributed by atoms with E-state index in [-0.39, 0.29) is 29.7 Å². The normalized spacial score (nSPS) is 11.6. The number of sulfonamides is 1. The molecule has 1 aromatic carbocycles. The van der Waals surface area contributed by atoms with Crippen molar-refractivity contribution in [2.75, 3.05) is 18.0 Å². The molecule has 7 nitrogen and oxygen atoms in total. The second kappa shape index (κ2) is 7.37. The highest BCUT2D eigenvalue weighted by Crippen LogP contribution is 2.22. The van der Waals surface area contributed by atoms with E-state index in [1.165, 1.54) is 6.92 Å². The van der Waals surface area contributed by atoms with Gasteiger partial charge in [0.25, 0.3) is 0 Å². The Bertz CT molecular complexity index is 868. The summed E-state index contributed by atoms with van der Waals surface area (Å²) in [6.45, 7) is 8.75. The lowest BCUT2D eigenvalue weighted by molar-refractivity contribution is -0.116. The molecule has 0 aliphatic heterocycles. The number of carbonyl (C=O) groups excluding carboxylic acids is 1. The number of nitrogens with one attached hydrogen (secondary N) is 1. The number of anilines is 1. The molecule has 0 aliphatic rings. The molecule has 1 amide bonds. The summed E-state index contributed by atoms with van der Waals surface area (Å²) >= 11 is 0. The van der Waals surface area contributed by atoms with Crippen LogP contribution in [-0.4, -0.2) is 32.6 Å². The lowest BCUT2D eigenvalue weighted by Gasteiger charge is -2.23. The summed E-state index contributed by atoms with van der Waals surface area (Å²) in [4.78, 5) is 13.6. The second-order valence-electron chi connectivity index (χ2n) is 6.01. The molecule has 0 unspecified atom stereocenters. The highest BCUT2D eigenvalue weighted by molar-refractivity contribution is 7.89. The Morgan fingerprint density at radius 3 is 2.48 bits per heavy atom. The van der Waals surface area contributed by atoms with Gasteiger partial charge >= 0.3 is 0 Å². The van der Waals surface area contributed by atoms with Crippen LogP contribution in [0.3, 0.4) is 0 Å². The summed E-state index contributed by atoms with van der Waals surface area (Å²) in [6.07, 6.45) is 0. The molecule has 0 saturated carbocycles. The molecule has 0 aliphatic carbocycles. The van der Waals surface area contributed by atoms with Crippen molar-refractivity contribution in [2.45, 2.75) is 39.5 Å². The first-order chi connectivity index (χ1) is 11.6. The Hall–Kier alpha value is -2.19. The molecule has 25 heavy (non-hydrogen) atoms. The van der Waals surface area contributed by atoms with E-state index in [1.54, 1.807) is 18.7 Å². The van der Waals surface area contributed by atoms with Gasteiger partial charge in [0.2, 0.25) is 15.9 Å². The number of amides is 1. The first-order valence-corrected chi connectivity index (χ1v) is 9.39. The monoisotopic (exact) mass is 365 g/mol. The van der Waals surface area contributed by atoms with Gasteiger partial charge in [0, 0.05) is 25.7 Å². The van der Waals surface area contributed by atoms with Gasteiger partial charge in [-0.25, -0.2) is 13.1 Å².